The first-order valence-electron chi connectivity index (χ1n) is 6.27. The van der Waals surface area contributed by atoms with Gasteiger partial charge in [0.15, 0.2) is 5.78 Å². The van der Waals surface area contributed by atoms with Gasteiger partial charge in [-0.2, -0.15) is 0 Å². The molecule has 0 aromatic heterocycles. The van der Waals surface area contributed by atoms with Crippen LogP contribution in [0.3, 0.4) is 0 Å². The van der Waals surface area contributed by atoms with Gasteiger partial charge in [0.2, 0.25) is 0 Å². The van der Waals surface area contributed by atoms with Crippen LogP contribution in [0.2, 0.25) is 0 Å². The quantitative estimate of drug-likeness (QED) is 0.827. The summed E-state index contributed by atoms with van der Waals surface area (Å²) in [6, 6.07) is 7.84. The van der Waals surface area contributed by atoms with E-state index < -0.39 is 5.60 Å². The average molecular weight is 246 g/mol. The number of benzene rings is 1. The molecule has 1 aromatic carbocycles. The molecule has 0 saturated carbocycles. The molecule has 2 nitrogen and oxygen atoms in total. The highest BCUT2D eigenvalue weighted by molar-refractivity contribution is 5.99. The van der Waals surface area contributed by atoms with Crippen molar-refractivity contribution in [1.29, 1.82) is 0 Å². The predicted molar refractivity (Wildman–Crippen MR) is 75.3 cm³/mol. The average Bonchev–Trinajstić information content (AvgIpc) is 2.25. The molecule has 0 aliphatic rings. The molecule has 0 fully saturated rings. The van der Waals surface area contributed by atoms with E-state index in [1.807, 2.05) is 45.0 Å². The van der Waals surface area contributed by atoms with Crippen LogP contribution in [0, 0.1) is 12.8 Å². The highest BCUT2D eigenvalue weighted by atomic mass is 16.3. The van der Waals surface area contributed by atoms with Gasteiger partial charge >= 0.3 is 0 Å². The van der Waals surface area contributed by atoms with Crippen LogP contribution in [-0.4, -0.2) is 16.5 Å². The number of aliphatic hydroxyl groups is 1. The van der Waals surface area contributed by atoms with Gasteiger partial charge in [-0.05, 0) is 38.0 Å². The smallest absolute Gasteiger partial charge is 0.158 e. The van der Waals surface area contributed by atoms with Crippen molar-refractivity contribution in [3.05, 3.63) is 41.5 Å². The normalized spacial score (nSPS) is 12.9. The van der Waals surface area contributed by atoms with E-state index in [2.05, 4.69) is 0 Å². The molecule has 2 heteroatoms. The summed E-state index contributed by atoms with van der Waals surface area (Å²) in [7, 11) is 0. The minimum atomic E-state index is -1.03. The summed E-state index contributed by atoms with van der Waals surface area (Å²) in [5.74, 6) is -0.0273. The lowest BCUT2D eigenvalue weighted by Crippen LogP contribution is -2.22. The summed E-state index contributed by atoms with van der Waals surface area (Å²) in [6.07, 6.45) is 1.56. The van der Waals surface area contributed by atoms with Crippen LogP contribution >= 0.6 is 0 Å². The first-order valence-corrected chi connectivity index (χ1v) is 6.27. The lowest BCUT2D eigenvalue weighted by Gasteiger charge is -2.22. The van der Waals surface area contributed by atoms with Gasteiger partial charge < -0.3 is 5.11 Å². The van der Waals surface area contributed by atoms with Crippen molar-refractivity contribution in [1.82, 2.24) is 0 Å². The van der Waals surface area contributed by atoms with Crippen LogP contribution in [0.1, 0.15) is 38.8 Å². The van der Waals surface area contributed by atoms with Gasteiger partial charge in [-0.3, -0.25) is 4.79 Å². The van der Waals surface area contributed by atoms with Crippen molar-refractivity contribution in [2.45, 2.75) is 40.2 Å². The third-order valence-electron chi connectivity index (χ3n) is 2.88. The molecule has 0 bridgehead atoms. The first-order chi connectivity index (χ1) is 8.21. The molecule has 1 aromatic rings. The number of hydrogen-bond donors (Lipinski definition) is 1. The Balaban J connectivity index is 3.23. The Kier molecular flexibility index (Phi) is 4.47. The van der Waals surface area contributed by atoms with E-state index in [4.69, 9.17) is 0 Å². The second-order valence-electron chi connectivity index (χ2n) is 5.54. The Labute approximate surface area is 109 Å². The Morgan fingerprint density at radius 3 is 2.11 bits per heavy atom. The maximum Gasteiger partial charge on any atom is 0.158 e. The maximum absolute atomic E-state index is 11.9. The van der Waals surface area contributed by atoms with Crippen LogP contribution in [0.25, 0.3) is 5.57 Å². The largest absolute Gasteiger partial charge is 0.386 e. The third kappa shape index (κ3) is 3.81. The summed E-state index contributed by atoms with van der Waals surface area (Å²) in [5, 5.41) is 10.2. The van der Waals surface area contributed by atoms with Gasteiger partial charge in [0.05, 0.1) is 5.60 Å². The lowest BCUT2D eigenvalue weighted by molar-refractivity contribution is -0.117. The highest BCUT2D eigenvalue weighted by Crippen LogP contribution is 2.27. The number of aryl methyl sites for hydroxylation is 1. The fraction of sp³-hybridized carbons (Fsp3) is 0.438. The molecule has 0 saturated heterocycles. The number of allylic oxidation sites excluding steroid dienone is 1. The highest BCUT2D eigenvalue weighted by Gasteiger charge is 2.22. The summed E-state index contributed by atoms with van der Waals surface area (Å²) in [6.45, 7) is 9.13. The Hall–Kier alpha value is -1.41. The van der Waals surface area contributed by atoms with Crippen molar-refractivity contribution in [2.24, 2.45) is 5.92 Å². The zero-order valence-electron chi connectivity index (χ0n) is 11.8. The number of carbonyl (C=O) groups is 1. The van der Waals surface area contributed by atoms with E-state index in [9.17, 15) is 9.90 Å². The van der Waals surface area contributed by atoms with E-state index in [1.54, 1.807) is 19.9 Å². The van der Waals surface area contributed by atoms with Gasteiger partial charge in [0.25, 0.3) is 0 Å². The Bertz CT molecular complexity index is 445. The third-order valence-corrected chi connectivity index (χ3v) is 2.88. The molecule has 1 rings (SSSR count). The molecule has 18 heavy (non-hydrogen) atoms. The van der Waals surface area contributed by atoms with Crippen LogP contribution < -0.4 is 0 Å². The standard InChI is InChI=1S/C16H22O2/c1-11(2)15(17)10-14(16(4,5)18)13-8-6-12(3)7-9-13/h6-11,18H,1-5H3/b14-10-. The van der Waals surface area contributed by atoms with Gasteiger partial charge in [-0.15, -0.1) is 0 Å². The summed E-state index contributed by atoms with van der Waals surface area (Å²) < 4.78 is 0. The van der Waals surface area contributed by atoms with Crippen molar-refractivity contribution < 1.29 is 9.90 Å². The number of rotatable bonds is 4. The minimum Gasteiger partial charge on any atom is -0.386 e. The molecule has 0 aliphatic heterocycles. The fourth-order valence-electron chi connectivity index (χ4n) is 1.66. The number of ketones is 1. The molecule has 0 atom stereocenters. The van der Waals surface area contributed by atoms with E-state index >= 15 is 0 Å². The molecule has 0 amide bonds. The van der Waals surface area contributed by atoms with E-state index in [1.165, 1.54) is 0 Å². The molecule has 0 spiro atoms. The van der Waals surface area contributed by atoms with Gasteiger partial charge in [0, 0.05) is 5.92 Å². The molecular weight excluding hydrogens is 224 g/mol. The molecule has 1 N–H and O–H groups in total. The second kappa shape index (κ2) is 5.49. The monoisotopic (exact) mass is 246 g/mol. The molecular formula is C16H22O2. The topological polar surface area (TPSA) is 37.3 Å². The molecule has 0 unspecified atom stereocenters. The fourth-order valence-corrected chi connectivity index (χ4v) is 1.66. The van der Waals surface area contributed by atoms with Crippen LogP contribution in [0.4, 0.5) is 0 Å². The van der Waals surface area contributed by atoms with E-state index in [-0.39, 0.29) is 11.7 Å². The molecule has 0 aliphatic carbocycles. The summed E-state index contributed by atoms with van der Waals surface area (Å²) in [5.41, 5.74) is 1.69. The molecule has 98 valence electrons. The van der Waals surface area contributed by atoms with Crippen molar-refractivity contribution in [2.75, 3.05) is 0 Å². The number of hydrogen-bond acceptors (Lipinski definition) is 2. The first kappa shape index (κ1) is 14.7. The minimum absolute atomic E-state index is 0.0349. The Morgan fingerprint density at radius 1 is 1.22 bits per heavy atom. The SMILES string of the molecule is Cc1ccc(/C(=C/C(=O)C(C)C)C(C)(C)O)cc1. The van der Waals surface area contributed by atoms with Gasteiger partial charge in [-0.25, -0.2) is 0 Å². The maximum atomic E-state index is 11.9. The zero-order valence-corrected chi connectivity index (χ0v) is 11.8. The van der Waals surface area contributed by atoms with Crippen molar-refractivity contribution >= 4 is 11.4 Å². The second-order valence-corrected chi connectivity index (χ2v) is 5.54. The number of carbonyl (C=O) groups excluding carboxylic acids is 1. The summed E-state index contributed by atoms with van der Waals surface area (Å²) >= 11 is 0. The molecule has 0 heterocycles. The van der Waals surface area contributed by atoms with Crippen molar-refractivity contribution in [3.8, 4) is 0 Å². The van der Waals surface area contributed by atoms with E-state index in [0.717, 1.165) is 11.1 Å². The zero-order chi connectivity index (χ0) is 13.9. The van der Waals surface area contributed by atoms with Gasteiger partial charge in [-0.1, -0.05) is 43.7 Å². The predicted octanol–water partition coefficient (Wildman–Crippen LogP) is 3.37. The van der Waals surface area contributed by atoms with Crippen LogP contribution in [0.5, 0.6) is 0 Å². The van der Waals surface area contributed by atoms with Crippen molar-refractivity contribution in [3.63, 3.8) is 0 Å². The summed E-state index contributed by atoms with van der Waals surface area (Å²) in [4.78, 5) is 11.9. The molecule has 0 radical (unpaired) electrons. The van der Waals surface area contributed by atoms with Gasteiger partial charge in [0.1, 0.15) is 0 Å². The lowest BCUT2D eigenvalue weighted by atomic mass is 9.88. The van der Waals surface area contributed by atoms with E-state index in [0.29, 0.717) is 5.57 Å². The Morgan fingerprint density at radius 2 is 1.72 bits per heavy atom. The van der Waals surface area contributed by atoms with Crippen LogP contribution in [-0.2, 0) is 4.79 Å². The van der Waals surface area contributed by atoms with Crippen LogP contribution in [0.15, 0.2) is 30.3 Å².